The molecule has 6 rings (SSSR count). The largest absolute Gasteiger partial charge is 0.497 e. The van der Waals surface area contributed by atoms with Gasteiger partial charge in [-0.25, -0.2) is 4.68 Å². The zero-order valence-corrected chi connectivity index (χ0v) is 19.6. The molecule has 4 aromatic carbocycles. The maximum atomic E-state index is 10.2. The van der Waals surface area contributed by atoms with Crippen molar-refractivity contribution >= 4 is 10.8 Å². The summed E-state index contributed by atoms with van der Waals surface area (Å²) in [4.78, 5) is 0. The highest BCUT2D eigenvalue weighted by atomic mass is 16.5. The molecular weight excluding hydrogens is 448 g/mol. The zero-order chi connectivity index (χ0) is 24.6. The average Bonchev–Trinajstić information content (AvgIpc) is 3.38. The van der Waals surface area contributed by atoms with Gasteiger partial charge >= 0.3 is 0 Å². The highest BCUT2D eigenvalue weighted by Crippen LogP contribution is 2.47. The molecule has 0 saturated heterocycles. The lowest BCUT2D eigenvalue weighted by Gasteiger charge is -2.27. The molecule has 1 aromatic heterocycles. The minimum atomic E-state index is -0.459. The van der Waals surface area contributed by atoms with Gasteiger partial charge in [-0.15, -0.1) is 0 Å². The molecule has 1 unspecified atom stereocenters. The first-order valence-electron chi connectivity index (χ1n) is 11.6. The quantitative estimate of drug-likeness (QED) is 0.352. The minimum absolute atomic E-state index is 0.110. The molecule has 174 valence electrons. The third-order valence-corrected chi connectivity index (χ3v) is 6.55. The van der Waals surface area contributed by atoms with Crippen molar-refractivity contribution in [2.24, 2.45) is 5.73 Å². The van der Waals surface area contributed by atoms with Crippen LogP contribution >= 0.6 is 0 Å². The van der Waals surface area contributed by atoms with E-state index in [1.165, 1.54) is 0 Å². The topological polar surface area (TPSA) is 86.1 Å². The van der Waals surface area contributed by atoms with Crippen LogP contribution < -0.4 is 15.2 Å². The van der Waals surface area contributed by atoms with Gasteiger partial charge in [0.1, 0.15) is 23.1 Å². The van der Waals surface area contributed by atoms with Gasteiger partial charge in [0.15, 0.2) is 0 Å². The summed E-state index contributed by atoms with van der Waals surface area (Å²) in [7, 11) is 1.64. The number of nitriles is 1. The fourth-order valence-electron chi connectivity index (χ4n) is 4.84. The third-order valence-electron chi connectivity index (χ3n) is 6.55. The Balaban J connectivity index is 1.65. The van der Waals surface area contributed by atoms with Crippen molar-refractivity contribution in [3.63, 3.8) is 0 Å². The molecule has 0 amide bonds. The Labute approximate surface area is 208 Å². The van der Waals surface area contributed by atoms with Gasteiger partial charge in [-0.2, -0.15) is 10.4 Å². The van der Waals surface area contributed by atoms with E-state index in [0.29, 0.717) is 11.3 Å². The first-order chi connectivity index (χ1) is 17.7. The van der Waals surface area contributed by atoms with E-state index >= 15 is 0 Å². The maximum Gasteiger partial charge on any atom is 0.205 e. The van der Waals surface area contributed by atoms with Crippen molar-refractivity contribution in [3.8, 4) is 34.5 Å². The van der Waals surface area contributed by atoms with Gasteiger partial charge in [-0.3, -0.25) is 0 Å². The number of nitrogens with two attached hydrogens (primary N) is 1. The molecule has 1 aliphatic heterocycles. The predicted octanol–water partition coefficient (Wildman–Crippen LogP) is 5.92. The molecule has 0 aliphatic carbocycles. The van der Waals surface area contributed by atoms with E-state index in [0.717, 1.165) is 44.6 Å². The van der Waals surface area contributed by atoms with E-state index in [-0.39, 0.29) is 5.88 Å². The van der Waals surface area contributed by atoms with Crippen LogP contribution in [-0.4, -0.2) is 16.9 Å². The number of ether oxygens (including phenoxy) is 2. The minimum Gasteiger partial charge on any atom is -0.497 e. The van der Waals surface area contributed by atoms with Gasteiger partial charge in [-0.1, -0.05) is 48.5 Å². The normalized spacial score (nSPS) is 14.7. The van der Waals surface area contributed by atoms with Crippen LogP contribution in [0, 0.1) is 11.3 Å². The number of nitrogens with zero attached hydrogens (tertiary/aromatic N) is 3. The maximum absolute atomic E-state index is 10.2. The van der Waals surface area contributed by atoms with Gasteiger partial charge in [0.2, 0.25) is 5.88 Å². The highest BCUT2D eigenvalue weighted by Gasteiger charge is 2.35. The summed E-state index contributed by atoms with van der Waals surface area (Å²) in [6.45, 7) is 0. The van der Waals surface area contributed by atoms with Gasteiger partial charge < -0.3 is 15.2 Å². The molecule has 0 fully saturated rings. The lowest BCUT2D eigenvalue weighted by atomic mass is 9.80. The Hall–Kier alpha value is -5.02. The fourth-order valence-corrected chi connectivity index (χ4v) is 4.84. The van der Waals surface area contributed by atoms with Crippen molar-refractivity contribution in [3.05, 3.63) is 120 Å². The summed E-state index contributed by atoms with van der Waals surface area (Å²) in [6, 6.07) is 32.0. The van der Waals surface area contributed by atoms with Crippen molar-refractivity contribution in [2.75, 3.05) is 7.11 Å². The van der Waals surface area contributed by atoms with E-state index in [1.807, 2.05) is 89.7 Å². The van der Waals surface area contributed by atoms with Crippen LogP contribution in [0.5, 0.6) is 11.5 Å². The molecule has 6 nitrogen and oxygen atoms in total. The summed E-state index contributed by atoms with van der Waals surface area (Å²) >= 11 is 0. The number of fused-ring (bicyclic) bond motifs is 3. The van der Waals surface area contributed by atoms with Gasteiger partial charge in [-0.05, 0) is 53.2 Å². The predicted molar refractivity (Wildman–Crippen MR) is 139 cm³/mol. The standard InChI is InChI=1S/C30H22N4O2/c1-35-22-14-11-20(12-15-22)29-25(18-34(33-29)21-8-3-2-4-9-21)27-24(17-31)30(32)36-26-16-13-19-7-5-6-10-23(19)28(26)27/h2-16,18,27H,32H2,1H3. The number of rotatable bonds is 4. The first-order valence-corrected chi connectivity index (χ1v) is 11.6. The van der Waals surface area contributed by atoms with Crippen molar-refractivity contribution in [2.45, 2.75) is 5.92 Å². The van der Waals surface area contributed by atoms with E-state index in [9.17, 15) is 5.26 Å². The van der Waals surface area contributed by atoms with Crippen molar-refractivity contribution in [1.29, 1.82) is 5.26 Å². The number of benzene rings is 4. The number of hydrogen-bond donors (Lipinski definition) is 1. The summed E-state index contributed by atoms with van der Waals surface area (Å²) in [5.41, 5.74) is 11.0. The molecule has 0 bridgehead atoms. The van der Waals surface area contributed by atoms with Crippen LogP contribution in [0.2, 0.25) is 0 Å². The Morgan fingerprint density at radius 3 is 2.44 bits per heavy atom. The van der Waals surface area contributed by atoms with E-state index in [4.69, 9.17) is 20.3 Å². The molecule has 6 heteroatoms. The third kappa shape index (κ3) is 3.46. The van der Waals surface area contributed by atoms with Crippen LogP contribution in [0.25, 0.3) is 27.7 Å². The van der Waals surface area contributed by atoms with Crippen LogP contribution in [0.4, 0.5) is 0 Å². The summed E-state index contributed by atoms with van der Waals surface area (Å²) in [6.07, 6.45) is 1.99. The molecule has 0 spiro atoms. The first kappa shape index (κ1) is 21.5. The summed E-state index contributed by atoms with van der Waals surface area (Å²) < 4.78 is 13.2. The zero-order valence-electron chi connectivity index (χ0n) is 19.6. The van der Waals surface area contributed by atoms with Gasteiger partial charge in [0, 0.05) is 22.9 Å². The Morgan fingerprint density at radius 1 is 0.944 bits per heavy atom. The van der Waals surface area contributed by atoms with Crippen molar-refractivity contribution in [1.82, 2.24) is 9.78 Å². The van der Waals surface area contributed by atoms with Gasteiger partial charge in [0.05, 0.1) is 24.4 Å². The molecule has 0 saturated carbocycles. The molecule has 0 radical (unpaired) electrons. The van der Waals surface area contributed by atoms with Crippen LogP contribution in [0.1, 0.15) is 17.0 Å². The molecule has 5 aromatic rings. The summed E-state index contributed by atoms with van der Waals surface area (Å²) in [5.74, 6) is 1.05. The van der Waals surface area contributed by atoms with Gasteiger partial charge in [0.25, 0.3) is 0 Å². The number of allylic oxidation sites excluding steroid dienone is 1. The summed E-state index contributed by atoms with van der Waals surface area (Å²) in [5, 5.41) is 17.3. The Morgan fingerprint density at radius 2 is 1.69 bits per heavy atom. The number of para-hydroxylation sites is 1. The lowest BCUT2D eigenvalue weighted by molar-refractivity contribution is 0.395. The SMILES string of the molecule is COc1ccc(-c2nn(-c3ccccc3)cc2C2C(C#N)=C(N)Oc3ccc4ccccc4c32)cc1. The van der Waals surface area contributed by atoms with Crippen molar-refractivity contribution < 1.29 is 9.47 Å². The molecule has 36 heavy (non-hydrogen) atoms. The van der Waals surface area contributed by atoms with E-state index in [1.54, 1.807) is 7.11 Å². The Kier molecular flexibility index (Phi) is 5.16. The molecule has 1 atom stereocenters. The smallest absolute Gasteiger partial charge is 0.205 e. The second-order valence-electron chi connectivity index (χ2n) is 8.56. The second-order valence-corrected chi connectivity index (χ2v) is 8.56. The van der Waals surface area contributed by atoms with Crippen LogP contribution in [0.3, 0.4) is 0 Å². The highest BCUT2D eigenvalue weighted by molar-refractivity contribution is 5.90. The Bertz CT molecular complexity index is 1660. The fraction of sp³-hybridized carbons (Fsp3) is 0.0667. The molecular formula is C30H22N4O2. The average molecular weight is 471 g/mol. The number of aromatic nitrogens is 2. The lowest BCUT2D eigenvalue weighted by Crippen LogP contribution is -2.21. The van der Waals surface area contributed by atoms with Crippen LogP contribution in [-0.2, 0) is 0 Å². The number of methoxy groups -OCH3 is 1. The number of hydrogen-bond acceptors (Lipinski definition) is 5. The van der Waals surface area contributed by atoms with Crippen LogP contribution in [0.15, 0.2) is 109 Å². The molecule has 2 heterocycles. The van der Waals surface area contributed by atoms with E-state index in [2.05, 4.69) is 18.2 Å². The van der Waals surface area contributed by atoms with E-state index < -0.39 is 5.92 Å². The second kappa shape index (κ2) is 8.64. The monoisotopic (exact) mass is 470 g/mol. The molecule has 1 aliphatic rings. The molecule has 2 N–H and O–H groups in total.